The molecular formula is C16H22ClNO4. The lowest BCUT2D eigenvalue weighted by atomic mass is 9.87. The molecule has 122 valence electrons. The second kappa shape index (κ2) is 8.76. The van der Waals surface area contributed by atoms with Gasteiger partial charge in [-0.15, -0.1) is 0 Å². The van der Waals surface area contributed by atoms with Crippen molar-refractivity contribution in [3.63, 3.8) is 0 Å². The fraction of sp³-hybridized carbons (Fsp3) is 0.500. The molecule has 0 radical (unpaired) electrons. The van der Waals surface area contributed by atoms with Crippen LogP contribution in [0.15, 0.2) is 24.3 Å². The maximum atomic E-state index is 12.5. The fourth-order valence-corrected chi connectivity index (χ4v) is 2.49. The summed E-state index contributed by atoms with van der Waals surface area (Å²) in [5, 5.41) is 12.3. The Morgan fingerprint density at radius 2 is 2.05 bits per heavy atom. The quantitative estimate of drug-likeness (QED) is 0.769. The van der Waals surface area contributed by atoms with Crippen molar-refractivity contribution < 1.29 is 19.4 Å². The topological polar surface area (TPSA) is 75.6 Å². The number of aliphatic carboxylic acids is 1. The maximum Gasteiger partial charge on any atom is 0.326 e. The molecule has 6 heteroatoms. The van der Waals surface area contributed by atoms with Crippen LogP contribution in [0.1, 0.15) is 31.7 Å². The van der Waals surface area contributed by atoms with Gasteiger partial charge in [0, 0.05) is 25.2 Å². The van der Waals surface area contributed by atoms with Crippen molar-refractivity contribution in [2.75, 3.05) is 13.7 Å². The van der Waals surface area contributed by atoms with Crippen molar-refractivity contribution in [3.8, 4) is 0 Å². The number of ether oxygens (including phenoxy) is 1. The summed E-state index contributed by atoms with van der Waals surface area (Å²) in [6.07, 6.45) is 0.220. The molecule has 1 rings (SSSR count). The molecule has 0 heterocycles. The molecule has 0 spiro atoms. The Kier molecular flexibility index (Phi) is 7.35. The highest BCUT2D eigenvalue weighted by atomic mass is 35.5. The molecule has 1 aromatic rings. The molecule has 0 fully saturated rings. The third-order valence-electron chi connectivity index (χ3n) is 3.38. The van der Waals surface area contributed by atoms with E-state index in [4.69, 9.17) is 16.3 Å². The summed E-state index contributed by atoms with van der Waals surface area (Å²) in [4.78, 5) is 23.7. The number of carbonyl (C=O) groups is 2. The molecule has 0 aromatic heterocycles. The van der Waals surface area contributed by atoms with E-state index >= 15 is 0 Å². The zero-order chi connectivity index (χ0) is 16.7. The zero-order valence-corrected chi connectivity index (χ0v) is 13.8. The van der Waals surface area contributed by atoms with E-state index in [0.29, 0.717) is 5.02 Å². The molecule has 1 amide bonds. The van der Waals surface area contributed by atoms with Crippen molar-refractivity contribution in [3.05, 3.63) is 34.9 Å². The molecule has 2 atom stereocenters. The number of hydrogen-bond donors (Lipinski definition) is 2. The van der Waals surface area contributed by atoms with E-state index in [2.05, 4.69) is 5.32 Å². The largest absolute Gasteiger partial charge is 0.480 e. The van der Waals surface area contributed by atoms with Gasteiger partial charge >= 0.3 is 5.97 Å². The lowest BCUT2D eigenvalue weighted by molar-refractivity contribution is -0.142. The van der Waals surface area contributed by atoms with E-state index in [0.717, 1.165) is 5.56 Å². The second-order valence-corrected chi connectivity index (χ2v) is 5.89. The summed E-state index contributed by atoms with van der Waals surface area (Å²) in [6, 6.07) is 6.10. The van der Waals surface area contributed by atoms with Crippen LogP contribution < -0.4 is 5.32 Å². The van der Waals surface area contributed by atoms with Crippen LogP contribution in [0.3, 0.4) is 0 Å². The van der Waals surface area contributed by atoms with Crippen molar-refractivity contribution in [2.24, 2.45) is 5.92 Å². The number of rotatable bonds is 8. The summed E-state index contributed by atoms with van der Waals surface area (Å²) in [6.45, 7) is 4.09. The molecule has 2 N–H and O–H groups in total. The highest BCUT2D eigenvalue weighted by Gasteiger charge is 2.28. The predicted octanol–water partition coefficient (Wildman–Crippen LogP) is 2.69. The number of methoxy groups -OCH3 is 1. The van der Waals surface area contributed by atoms with Crippen LogP contribution in [0.25, 0.3) is 0 Å². The number of hydrogen-bond acceptors (Lipinski definition) is 3. The molecule has 1 aromatic carbocycles. The summed E-state index contributed by atoms with van der Waals surface area (Å²) < 4.78 is 4.88. The highest BCUT2D eigenvalue weighted by Crippen LogP contribution is 2.27. The zero-order valence-electron chi connectivity index (χ0n) is 13.0. The van der Waals surface area contributed by atoms with E-state index in [1.807, 2.05) is 19.9 Å². The van der Waals surface area contributed by atoms with Crippen LogP contribution in [0.2, 0.25) is 5.02 Å². The van der Waals surface area contributed by atoms with Crippen molar-refractivity contribution in [1.29, 1.82) is 0 Å². The van der Waals surface area contributed by atoms with Crippen LogP contribution in [0.5, 0.6) is 0 Å². The number of carbonyl (C=O) groups excluding carboxylic acids is 1. The average Bonchev–Trinajstić information content (AvgIpc) is 2.43. The number of carboxylic acid groups (broad SMARTS) is 1. The SMILES string of the molecule is COCCC(NC(=O)C(c1cccc(Cl)c1)C(C)C)C(=O)O. The van der Waals surface area contributed by atoms with E-state index in [-0.39, 0.29) is 24.9 Å². The Hall–Kier alpha value is -1.59. The van der Waals surface area contributed by atoms with Gasteiger partial charge in [0.1, 0.15) is 6.04 Å². The number of carboxylic acids is 1. The van der Waals surface area contributed by atoms with Crippen molar-refractivity contribution in [2.45, 2.75) is 32.2 Å². The van der Waals surface area contributed by atoms with Crippen LogP contribution in [0.4, 0.5) is 0 Å². The highest BCUT2D eigenvalue weighted by molar-refractivity contribution is 6.30. The monoisotopic (exact) mass is 327 g/mol. The molecule has 0 aliphatic carbocycles. The van der Waals surface area contributed by atoms with Gasteiger partial charge in [0.15, 0.2) is 0 Å². The van der Waals surface area contributed by atoms with E-state index in [1.54, 1.807) is 18.2 Å². The Morgan fingerprint density at radius 1 is 1.36 bits per heavy atom. The summed E-state index contributed by atoms with van der Waals surface area (Å²) >= 11 is 5.98. The van der Waals surface area contributed by atoms with Crippen LogP contribution in [0, 0.1) is 5.92 Å². The maximum absolute atomic E-state index is 12.5. The Labute approximate surface area is 135 Å². The van der Waals surface area contributed by atoms with Gasteiger partial charge in [0.05, 0.1) is 5.92 Å². The van der Waals surface area contributed by atoms with E-state index in [9.17, 15) is 14.7 Å². The summed E-state index contributed by atoms with van der Waals surface area (Å²) in [5.74, 6) is -1.83. The van der Waals surface area contributed by atoms with Gasteiger partial charge < -0.3 is 15.2 Å². The Balaban J connectivity index is 2.91. The van der Waals surface area contributed by atoms with E-state index < -0.39 is 17.9 Å². The van der Waals surface area contributed by atoms with Gasteiger partial charge in [0.25, 0.3) is 0 Å². The number of benzene rings is 1. The summed E-state index contributed by atoms with van der Waals surface area (Å²) in [5.41, 5.74) is 0.774. The van der Waals surface area contributed by atoms with Crippen molar-refractivity contribution in [1.82, 2.24) is 5.32 Å². The first-order valence-corrected chi connectivity index (χ1v) is 7.52. The molecule has 5 nitrogen and oxygen atoms in total. The van der Waals surface area contributed by atoms with Gasteiger partial charge in [-0.3, -0.25) is 4.79 Å². The van der Waals surface area contributed by atoms with Gasteiger partial charge in [-0.2, -0.15) is 0 Å². The van der Waals surface area contributed by atoms with E-state index in [1.165, 1.54) is 7.11 Å². The molecule has 22 heavy (non-hydrogen) atoms. The predicted molar refractivity (Wildman–Crippen MR) is 85.1 cm³/mol. The van der Waals surface area contributed by atoms with Gasteiger partial charge in [-0.05, 0) is 23.6 Å². The lowest BCUT2D eigenvalue weighted by Crippen LogP contribution is -2.44. The first-order chi connectivity index (χ1) is 10.4. The molecule has 0 saturated heterocycles. The third kappa shape index (κ3) is 5.31. The van der Waals surface area contributed by atoms with Gasteiger partial charge in [0.2, 0.25) is 5.91 Å². The normalized spacial score (nSPS) is 13.7. The number of nitrogens with one attached hydrogen (secondary N) is 1. The standard InChI is InChI=1S/C16H22ClNO4/c1-10(2)14(11-5-4-6-12(17)9-11)15(19)18-13(16(20)21)7-8-22-3/h4-6,9-10,13-14H,7-8H2,1-3H3,(H,18,19)(H,20,21). The van der Waals surface area contributed by atoms with Crippen LogP contribution in [-0.2, 0) is 14.3 Å². The number of halogens is 1. The molecular weight excluding hydrogens is 306 g/mol. The minimum atomic E-state index is -1.07. The minimum absolute atomic E-state index is 0.00957. The van der Waals surface area contributed by atoms with Crippen molar-refractivity contribution >= 4 is 23.5 Å². The Bertz CT molecular complexity index is 519. The lowest BCUT2D eigenvalue weighted by Gasteiger charge is -2.23. The molecule has 0 saturated carbocycles. The van der Waals surface area contributed by atoms with Crippen LogP contribution >= 0.6 is 11.6 Å². The minimum Gasteiger partial charge on any atom is -0.480 e. The molecule has 2 unspecified atom stereocenters. The first-order valence-electron chi connectivity index (χ1n) is 7.14. The first kappa shape index (κ1) is 18.5. The smallest absolute Gasteiger partial charge is 0.326 e. The third-order valence-corrected chi connectivity index (χ3v) is 3.62. The van der Waals surface area contributed by atoms with Crippen LogP contribution in [-0.4, -0.2) is 36.7 Å². The average molecular weight is 328 g/mol. The second-order valence-electron chi connectivity index (χ2n) is 5.46. The molecule has 0 bridgehead atoms. The van der Waals surface area contributed by atoms with Gasteiger partial charge in [-0.1, -0.05) is 37.6 Å². The summed E-state index contributed by atoms with van der Waals surface area (Å²) in [7, 11) is 1.49. The molecule has 0 aliphatic heterocycles. The van der Waals surface area contributed by atoms with Gasteiger partial charge in [-0.25, -0.2) is 4.79 Å². The fourth-order valence-electron chi connectivity index (χ4n) is 2.29. The molecule has 0 aliphatic rings. The Morgan fingerprint density at radius 3 is 2.55 bits per heavy atom. The number of amides is 1.